The minimum atomic E-state index is -1.06. The molecule has 0 aliphatic carbocycles. The van der Waals surface area contributed by atoms with Crippen LogP contribution in [-0.2, 0) is 18.3 Å². The van der Waals surface area contributed by atoms with Crippen molar-refractivity contribution in [1.82, 2.24) is 4.57 Å². The van der Waals surface area contributed by atoms with Crippen molar-refractivity contribution in [3.63, 3.8) is 0 Å². The second-order valence-electron chi connectivity index (χ2n) is 6.73. The van der Waals surface area contributed by atoms with E-state index in [9.17, 15) is 9.59 Å². The summed E-state index contributed by atoms with van der Waals surface area (Å²) in [6.07, 6.45) is 0.373. The second-order valence-corrected chi connectivity index (χ2v) is 7.55. The average Bonchev–Trinajstić information content (AvgIpc) is 2.64. The van der Waals surface area contributed by atoms with Gasteiger partial charge in [0.25, 0.3) is 5.56 Å². The lowest BCUT2D eigenvalue weighted by Gasteiger charge is -2.17. The molecule has 5 nitrogen and oxygen atoms in total. The molecule has 0 saturated carbocycles. The van der Waals surface area contributed by atoms with Crippen LogP contribution in [0.1, 0.15) is 22.3 Å². The van der Waals surface area contributed by atoms with Crippen LogP contribution in [0.2, 0.25) is 10.0 Å². The first-order valence-corrected chi connectivity index (χ1v) is 9.36. The molecular weight excluding hydrogens is 401 g/mol. The van der Waals surface area contributed by atoms with E-state index in [1.54, 1.807) is 29.8 Å². The van der Waals surface area contributed by atoms with Crippen molar-refractivity contribution in [2.75, 3.05) is 6.61 Å². The molecule has 0 saturated heterocycles. The lowest BCUT2D eigenvalue weighted by atomic mass is 9.97. The van der Waals surface area contributed by atoms with Gasteiger partial charge >= 0.3 is 5.97 Å². The van der Waals surface area contributed by atoms with E-state index >= 15 is 0 Å². The predicted octanol–water partition coefficient (Wildman–Crippen LogP) is 4.52. The van der Waals surface area contributed by atoms with Crippen molar-refractivity contribution in [2.24, 2.45) is 7.05 Å². The minimum absolute atomic E-state index is 0.120. The van der Waals surface area contributed by atoms with Gasteiger partial charge in [-0.2, -0.15) is 0 Å². The van der Waals surface area contributed by atoms with Crippen molar-refractivity contribution in [2.45, 2.75) is 20.3 Å². The second kappa shape index (κ2) is 7.86. The third kappa shape index (κ3) is 3.86. The van der Waals surface area contributed by atoms with Gasteiger partial charge in [0, 0.05) is 24.4 Å². The van der Waals surface area contributed by atoms with Crippen molar-refractivity contribution in [3.8, 4) is 5.75 Å². The first-order valence-electron chi connectivity index (χ1n) is 8.60. The highest BCUT2D eigenvalue weighted by Gasteiger charge is 2.18. The highest BCUT2D eigenvalue weighted by molar-refractivity contribution is 6.42. The number of hydrogen-bond acceptors (Lipinski definition) is 3. The van der Waals surface area contributed by atoms with Gasteiger partial charge in [0.05, 0.1) is 15.6 Å². The monoisotopic (exact) mass is 419 g/mol. The summed E-state index contributed by atoms with van der Waals surface area (Å²) in [5.74, 6) is -0.617. The van der Waals surface area contributed by atoms with E-state index in [0.29, 0.717) is 33.3 Å². The molecule has 2 aromatic carbocycles. The van der Waals surface area contributed by atoms with Crippen molar-refractivity contribution in [1.29, 1.82) is 0 Å². The lowest BCUT2D eigenvalue weighted by Crippen LogP contribution is -2.24. The molecule has 0 atom stereocenters. The van der Waals surface area contributed by atoms with Gasteiger partial charge < -0.3 is 14.4 Å². The van der Waals surface area contributed by atoms with Crippen molar-refractivity contribution >= 4 is 40.1 Å². The molecule has 0 spiro atoms. The quantitative estimate of drug-likeness (QED) is 0.659. The number of pyridine rings is 1. The Morgan fingerprint density at radius 1 is 1.14 bits per heavy atom. The maximum atomic E-state index is 13.0. The highest BCUT2D eigenvalue weighted by Crippen LogP contribution is 2.32. The summed E-state index contributed by atoms with van der Waals surface area (Å²) in [6.45, 7) is 3.26. The molecule has 0 fully saturated rings. The molecule has 1 heterocycles. The van der Waals surface area contributed by atoms with Crippen LogP contribution in [0.4, 0.5) is 0 Å². The number of halogens is 2. The summed E-state index contributed by atoms with van der Waals surface area (Å²) in [7, 11) is 1.70. The summed E-state index contributed by atoms with van der Waals surface area (Å²) in [5.41, 5.74) is 3.65. The maximum Gasteiger partial charge on any atom is 0.341 e. The Labute approximate surface area is 172 Å². The molecule has 0 aliphatic heterocycles. The highest BCUT2D eigenvalue weighted by atomic mass is 35.5. The molecule has 28 heavy (non-hydrogen) atoms. The van der Waals surface area contributed by atoms with Gasteiger partial charge in [-0.05, 0) is 54.8 Å². The zero-order valence-corrected chi connectivity index (χ0v) is 17.2. The van der Waals surface area contributed by atoms with E-state index in [2.05, 4.69) is 0 Å². The zero-order chi connectivity index (χ0) is 20.6. The van der Waals surface area contributed by atoms with Gasteiger partial charge in [0.2, 0.25) is 0 Å². The summed E-state index contributed by atoms with van der Waals surface area (Å²) < 4.78 is 7.09. The molecule has 7 heteroatoms. The summed E-state index contributed by atoms with van der Waals surface area (Å²) in [5, 5.41) is 10.6. The van der Waals surface area contributed by atoms with Crippen molar-refractivity contribution in [3.05, 3.63) is 73.0 Å². The number of hydrogen-bond donors (Lipinski definition) is 1. The number of aryl methyl sites for hydroxylation is 3. The molecule has 3 rings (SSSR count). The van der Waals surface area contributed by atoms with Crippen LogP contribution in [0.25, 0.3) is 10.9 Å². The average molecular weight is 420 g/mol. The number of nitrogens with zero attached hydrogens (tertiary/aromatic N) is 1. The van der Waals surface area contributed by atoms with E-state index in [1.807, 2.05) is 26.0 Å². The van der Waals surface area contributed by atoms with E-state index in [4.69, 9.17) is 33.0 Å². The third-order valence-corrected chi connectivity index (χ3v) is 5.43. The number of ether oxygens (including phenoxy) is 1. The Morgan fingerprint density at radius 3 is 2.50 bits per heavy atom. The molecule has 0 unspecified atom stereocenters. The number of carbonyl (C=O) groups is 1. The van der Waals surface area contributed by atoms with Gasteiger partial charge in [-0.25, -0.2) is 4.79 Å². The number of benzene rings is 2. The molecule has 0 bridgehead atoms. The van der Waals surface area contributed by atoms with Crippen LogP contribution >= 0.6 is 23.2 Å². The molecular formula is C21H19Cl2NO4. The van der Waals surface area contributed by atoms with Crippen molar-refractivity contribution < 1.29 is 14.6 Å². The van der Waals surface area contributed by atoms with Crippen LogP contribution in [0.5, 0.6) is 5.75 Å². The maximum absolute atomic E-state index is 13.0. The zero-order valence-electron chi connectivity index (χ0n) is 15.7. The number of rotatable bonds is 5. The molecule has 146 valence electrons. The standard InChI is InChI=1S/C21H19Cl2NO4/c1-11-6-17-20(18(7-11)28-10-19(25)26)12(2)14(21(27)24(17)3)8-13-4-5-15(22)16(23)9-13/h4-7,9H,8,10H2,1-3H3,(H,25,26). The molecule has 0 radical (unpaired) electrons. The first kappa shape index (κ1) is 20.2. The Kier molecular flexibility index (Phi) is 5.68. The fourth-order valence-corrected chi connectivity index (χ4v) is 3.64. The SMILES string of the molecule is Cc1cc(OCC(=O)O)c2c(C)c(Cc3ccc(Cl)c(Cl)c3)c(=O)n(C)c2c1. The predicted molar refractivity (Wildman–Crippen MR) is 111 cm³/mol. The molecule has 0 aliphatic rings. The first-order chi connectivity index (χ1) is 13.2. The van der Waals surface area contributed by atoms with Gasteiger partial charge in [0.1, 0.15) is 5.75 Å². The largest absolute Gasteiger partial charge is 0.481 e. The number of fused-ring (bicyclic) bond motifs is 1. The number of aliphatic carboxylic acids is 1. The summed E-state index contributed by atoms with van der Waals surface area (Å²) in [6, 6.07) is 8.94. The normalized spacial score (nSPS) is 11.0. The van der Waals surface area contributed by atoms with Crippen LogP contribution in [0.15, 0.2) is 35.1 Å². The van der Waals surface area contributed by atoms with Crippen LogP contribution < -0.4 is 10.3 Å². The molecule has 1 aromatic heterocycles. The summed E-state index contributed by atoms with van der Waals surface area (Å²) in [4.78, 5) is 24.0. The summed E-state index contributed by atoms with van der Waals surface area (Å²) >= 11 is 12.1. The van der Waals surface area contributed by atoms with Crippen LogP contribution in [0, 0.1) is 13.8 Å². The smallest absolute Gasteiger partial charge is 0.341 e. The van der Waals surface area contributed by atoms with Gasteiger partial charge in [-0.1, -0.05) is 29.3 Å². The minimum Gasteiger partial charge on any atom is -0.481 e. The van der Waals surface area contributed by atoms with E-state index in [0.717, 1.165) is 22.1 Å². The van der Waals surface area contributed by atoms with E-state index in [1.165, 1.54) is 0 Å². The molecule has 0 amide bonds. The fraction of sp³-hybridized carbons (Fsp3) is 0.238. The topological polar surface area (TPSA) is 68.5 Å². The van der Waals surface area contributed by atoms with E-state index in [-0.39, 0.29) is 5.56 Å². The Balaban J connectivity index is 2.22. The van der Waals surface area contributed by atoms with Gasteiger partial charge in [0.15, 0.2) is 6.61 Å². The Morgan fingerprint density at radius 2 is 1.86 bits per heavy atom. The number of aromatic nitrogens is 1. The Bertz CT molecular complexity index is 1150. The van der Waals surface area contributed by atoms with Crippen LogP contribution in [0.3, 0.4) is 0 Å². The van der Waals surface area contributed by atoms with E-state index < -0.39 is 12.6 Å². The molecule has 3 aromatic rings. The molecule has 1 N–H and O–H groups in total. The van der Waals surface area contributed by atoms with Gasteiger partial charge in [-0.15, -0.1) is 0 Å². The Hall–Kier alpha value is -2.50. The number of carboxylic acid groups (broad SMARTS) is 1. The third-order valence-electron chi connectivity index (χ3n) is 4.69. The van der Waals surface area contributed by atoms with Crippen LogP contribution in [-0.4, -0.2) is 22.2 Å². The van der Waals surface area contributed by atoms with Gasteiger partial charge in [-0.3, -0.25) is 4.79 Å². The number of carboxylic acids is 1. The fourth-order valence-electron chi connectivity index (χ4n) is 3.31. The lowest BCUT2D eigenvalue weighted by molar-refractivity contribution is -0.139.